The minimum absolute atomic E-state index is 0.0401. The topological polar surface area (TPSA) is 77.5 Å². The molecule has 1 aromatic heterocycles. The molecule has 26 heavy (non-hydrogen) atoms. The number of benzene rings is 2. The van der Waals surface area contributed by atoms with Crippen LogP contribution in [0.3, 0.4) is 0 Å². The van der Waals surface area contributed by atoms with Crippen molar-refractivity contribution in [1.82, 2.24) is 4.57 Å². The largest absolute Gasteiger partial charge is 0.317 e. The lowest BCUT2D eigenvalue weighted by atomic mass is 10.2. The van der Waals surface area contributed by atoms with Gasteiger partial charge in [0.15, 0.2) is 4.80 Å². The van der Waals surface area contributed by atoms with Crippen molar-refractivity contribution in [3.8, 4) is 0 Å². The molecule has 2 aromatic carbocycles. The standard InChI is InChI=1S/C18H17N3O3S2/c1-2-20-15-9-8-14(21(23)24)10-16(15)26-18(20)19-17(22)12-25-11-13-6-4-3-5-7-13/h3-10H,2,11-12H2,1H3. The normalized spacial score (nSPS) is 11.8. The fraction of sp³-hybridized carbons (Fsp3) is 0.222. The zero-order valence-electron chi connectivity index (χ0n) is 14.1. The molecule has 1 heterocycles. The molecule has 0 aliphatic carbocycles. The van der Waals surface area contributed by atoms with Crippen molar-refractivity contribution in [2.75, 3.05) is 5.75 Å². The second-order valence-electron chi connectivity index (χ2n) is 5.52. The van der Waals surface area contributed by atoms with Gasteiger partial charge in [0.05, 0.1) is 20.9 Å². The van der Waals surface area contributed by atoms with E-state index in [9.17, 15) is 14.9 Å². The third kappa shape index (κ3) is 4.20. The van der Waals surface area contributed by atoms with E-state index in [0.29, 0.717) is 17.1 Å². The third-order valence-corrected chi connectivity index (χ3v) is 5.78. The average Bonchev–Trinajstić information content (AvgIpc) is 2.98. The van der Waals surface area contributed by atoms with Crippen molar-refractivity contribution in [2.24, 2.45) is 4.99 Å². The summed E-state index contributed by atoms with van der Waals surface area (Å²) in [6.07, 6.45) is 0. The summed E-state index contributed by atoms with van der Waals surface area (Å²) < 4.78 is 2.66. The van der Waals surface area contributed by atoms with Gasteiger partial charge in [0.1, 0.15) is 0 Å². The van der Waals surface area contributed by atoms with Crippen LogP contribution in [0.2, 0.25) is 0 Å². The Labute approximate surface area is 158 Å². The van der Waals surface area contributed by atoms with Crippen molar-refractivity contribution in [2.45, 2.75) is 19.2 Å². The molecule has 3 aromatic rings. The number of carbonyl (C=O) groups excluding carboxylic acids is 1. The number of amides is 1. The van der Waals surface area contributed by atoms with Gasteiger partial charge in [-0.3, -0.25) is 14.9 Å². The maximum atomic E-state index is 12.2. The zero-order chi connectivity index (χ0) is 18.5. The lowest BCUT2D eigenvalue weighted by molar-refractivity contribution is -0.384. The number of hydrogen-bond donors (Lipinski definition) is 0. The Morgan fingerprint density at radius 2 is 2.04 bits per heavy atom. The Morgan fingerprint density at radius 1 is 1.27 bits per heavy atom. The molecule has 0 fully saturated rings. The van der Waals surface area contributed by atoms with E-state index in [4.69, 9.17) is 0 Å². The quantitative estimate of drug-likeness (QED) is 0.473. The Balaban J connectivity index is 1.79. The predicted molar refractivity (Wildman–Crippen MR) is 105 cm³/mol. The number of rotatable bonds is 6. The SMILES string of the molecule is CCn1c(=NC(=O)CSCc2ccccc2)sc2cc([N+](=O)[O-])ccc21. The highest BCUT2D eigenvalue weighted by Crippen LogP contribution is 2.23. The molecule has 0 spiro atoms. The highest BCUT2D eigenvalue weighted by Gasteiger charge is 2.12. The maximum Gasteiger partial charge on any atom is 0.270 e. The summed E-state index contributed by atoms with van der Waals surface area (Å²) in [5.74, 6) is 0.857. The number of carbonyl (C=O) groups is 1. The number of aryl methyl sites for hydroxylation is 1. The molecular weight excluding hydrogens is 370 g/mol. The first-order chi connectivity index (χ1) is 12.6. The van der Waals surface area contributed by atoms with Crippen molar-refractivity contribution in [3.05, 3.63) is 69.0 Å². The molecule has 0 bridgehead atoms. The minimum Gasteiger partial charge on any atom is -0.317 e. The van der Waals surface area contributed by atoms with Gasteiger partial charge in [-0.1, -0.05) is 41.7 Å². The monoisotopic (exact) mass is 387 g/mol. The highest BCUT2D eigenvalue weighted by atomic mass is 32.2. The summed E-state index contributed by atoms with van der Waals surface area (Å²) in [5, 5.41) is 10.9. The van der Waals surface area contributed by atoms with Crippen LogP contribution in [0, 0.1) is 10.1 Å². The van der Waals surface area contributed by atoms with E-state index in [2.05, 4.69) is 4.99 Å². The molecule has 0 aliphatic heterocycles. The molecule has 0 radical (unpaired) electrons. The van der Waals surface area contributed by atoms with E-state index in [1.54, 1.807) is 6.07 Å². The van der Waals surface area contributed by atoms with E-state index in [0.717, 1.165) is 16.0 Å². The number of thiazole rings is 1. The van der Waals surface area contributed by atoms with Crippen LogP contribution >= 0.6 is 23.1 Å². The van der Waals surface area contributed by atoms with Gasteiger partial charge in [-0.25, -0.2) is 0 Å². The van der Waals surface area contributed by atoms with Crippen molar-refractivity contribution >= 4 is 44.9 Å². The van der Waals surface area contributed by atoms with Crippen LogP contribution in [0.15, 0.2) is 53.5 Å². The second-order valence-corrected chi connectivity index (χ2v) is 7.52. The Bertz CT molecular complexity index is 1010. The van der Waals surface area contributed by atoms with E-state index in [1.165, 1.54) is 40.8 Å². The average molecular weight is 387 g/mol. The van der Waals surface area contributed by atoms with Crippen LogP contribution in [-0.4, -0.2) is 21.2 Å². The van der Waals surface area contributed by atoms with Gasteiger partial charge < -0.3 is 4.57 Å². The molecule has 134 valence electrons. The fourth-order valence-corrected chi connectivity index (χ4v) is 4.45. The Morgan fingerprint density at radius 3 is 2.73 bits per heavy atom. The molecule has 0 N–H and O–H groups in total. The van der Waals surface area contributed by atoms with Crippen molar-refractivity contribution in [3.63, 3.8) is 0 Å². The minimum atomic E-state index is -0.419. The summed E-state index contributed by atoms with van der Waals surface area (Å²) in [6, 6.07) is 14.7. The van der Waals surface area contributed by atoms with Gasteiger partial charge in [-0.15, -0.1) is 11.8 Å². The number of fused-ring (bicyclic) bond motifs is 1. The molecule has 0 saturated heterocycles. The maximum absolute atomic E-state index is 12.2. The highest BCUT2D eigenvalue weighted by molar-refractivity contribution is 7.99. The molecular formula is C18H17N3O3S2. The van der Waals surface area contributed by atoms with Gasteiger partial charge in [0.2, 0.25) is 0 Å². The summed E-state index contributed by atoms with van der Waals surface area (Å²) in [5.41, 5.74) is 2.06. The summed E-state index contributed by atoms with van der Waals surface area (Å²) in [6.45, 7) is 2.60. The Hall–Kier alpha value is -2.45. The summed E-state index contributed by atoms with van der Waals surface area (Å²) in [7, 11) is 0. The van der Waals surface area contributed by atoms with Gasteiger partial charge in [0, 0.05) is 24.4 Å². The fourth-order valence-electron chi connectivity index (χ4n) is 2.54. The zero-order valence-corrected chi connectivity index (χ0v) is 15.8. The molecule has 0 aliphatic rings. The predicted octanol–water partition coefficient (Wildman–Crippen LogP) is 3.99. The van der Waals surface area contributed by atoms with Gasteiger partial charge in [0.25, 0.3) is 11.6 Å². The van der Waals surface area contributed by atoms with E-state index >= 15 is 0 Å². The summed E-state index contributed by atoms with van der Waals surface area (Å²) >= 11 is 2.82. The van der Waals surface area contributed by atoms with Crippen LogP contribution in [0.4, 0.5) is 5.69 Å². The molecule has 6 nitrogen and oxygen atoms in total. The van der Waals surface area contributed by atoms with E-state index < -0.39 is 4.92 Å². The first kappa shape index (κ1) is 18.3. The molecule has 3 rings (SSSR count). The van der Waals surface area contributed by atoms with Gasteiger partial charge >= 0.3 is 0 Å². The first-order valence-electron chi connectivity index (χ1n) is 8.05. The van der Waals surface area contributed by atoms with Crippen molar-refractivity contribution < 1.29 is 9.72 Å². The van der Waals surface area contributed by atoms with E-state index in [1.807, 2.05) is 41.8 Å². The number of thioether (sulfide) groups is 1. The van der Waals surface area contributed by atoms with E-state index in [-0.39, 0.29) is 11.6 Å². The molecule has 0 unspecified atom stereocenters. The number of non-ortho nitro benzene ring substituents is 1. The van der Waals surface area contributed by atoms with Crippen LogP contribution < -0.4 is 4.80 Å². The van der Waals surface area contributed by atoms with Crippen LogP contribution in [0.25, 0.3) is 10.2 Å². The molecule has 8 heteroatoms. The van der Waals surface area contributed by atoms with Gasteiger partial charge in [-0.2, -0.15) is 4.99 Å². The number of aromatic nitrogens is 1. The Kier molecular flexibility index (Phi) is 5.85. The van der Waals surface area contributed by atoms with Crippen LogP contribution in [0.1, 0.15) is 12.5 Å². The smallest absolute Gasteiger partial charge is 0.270 e. The molecule has 0 saturated carbocycles. The van der Waals surface area contributed by atoms with Gasteiger partial charge in [-0.05, 0) is 18.6 Å². The molecule has 0 atom stereocenters. The third-order valence-electron chi connectivity index (χ3n) is 3.75. The summed E-state index contributed by atoms with van der Waals surface area (Å²) in [4.78, 5) is 27.5. The number of nitro groups is 1. The number of nitro benzene ring substituents is 1. The second kappa shape index (κ2) is 8.29. The first-order valence-corrected chi connectivity index (χ1v) is 10.0. The van der Waals surface area contributed by atoms with Crippen LogP contribution in [-0.2, 0) is 17.1 Å². The van der Waals surface area contributed by atoms with Crippen LogP contribution in [0.5, 0.6) is 0 Å². The number of hydrogen-bond acceptors (Lipinski definition) is 5. The van der Waals surface area contributed by atoms with Crippen molar-refractivity contribution in [1.29, 1.82) is 0 Å². The molecule has 1 amide bonds. The lowest BCUT2D eigenvalue weighted by Crippen LogP contribution is -2.16. The lowest BCUT2D eigenvalue weighted by Gasteiger charge is -2.00. The number of nitrogens with zero attached hydrogens (tertiary/aromatic N) is 3.